The van der Waals surface area contributed by atoms with Crippen LogP contribution in [-0.4, -0.2) is 73.5 Å². The molecule has 364 valence electrons. The van der Waals surface area contributed by atoms with Crippen LogP contribution in [0.5, 0.6) is 17.2 Å². The molecule has 0 bridgehead atoms. The molecule has 0 radical (unpaired) electrons. The number of para-hydroxylation sites is 1. The molecule has 0 spiro atoms. The molecule has 32 heteroatoms. The summed E-state index contributed by atoms with van der Waals surface area (Å²) >= 11 is 0. The zero-order chi connectivity index (χ0) is 51.8. The lowest BCUT2D eigenvalue weighted by Crippen LogP contribution is -2.03. The Balaban J connectivity index is 1.28. The Hall–Kier alpha value is -8.63. The summed E-state index contributed by atoms with van der Waals surface area (Å²) in [7, 11) is -20.8. The number of ether oxygens (including phenoxy) is 1. The van der Waals surface area contributed by atoms with Crippen LogP contribution >= 0.6 is 0 Å². The summed E-state index contributed by atoms with van der Waals surface area (Å²) in [6.45, 7) is 0.0359. The number of carbonyl (C=O) groups is 1. The number of rotatable bonds is 15. The third kappa shape index (κ3) is 10.7. The fourth-order valence-electron chi connectivity index (χ4n) is 6.48. The quantitative estimate of drug-likeness (QED) is 0.0126. The van der Waals surface area contributed by atoms with Crippen molar-refractivity contribution in [3.05, 3.63) is 113 Å². The minimum atomic E-state index is -5.52. The maximum atomic E-state index is 13.0. The molecule has 0 atom stereocenters. The molecule has 0 fully saturated rings. The molecule has 0 aromatic heterocycles. The predicted molar refractivity (Wildman–Crippen MR) is 244 cm³/mol. The van der Waals surface area contributed by atoms with Crippen molar-refractivity contribution in [2.45, 2.75) is 19.6 Å². The van der Waals surface area contributed by atoms with Crippen molar-refractivity contribution in [2.24, 2.45) is 40.9 Å². The highest BCUT2D eigenvalue weighted by molar-refractivity contribution is 7.87. The Labute approximate surface area is 397 Å². The molecular formula is C39H26N10O18S4. The van der Waals surface area contributed by atoms with Crippen molar-refractivity contribution < 1.29 is 76.5 Å². The lowest BCUT2D eigenvalue weighted by atomic mass is 10.1. The van der Waals surface area contributed by atoms with Crippen LogP contribution in [0.2, 0.25) is 0 Å². The number of hydrogen-bond donors (Lipinski definition) is 7. The standard InChI is InChI=1S/C39H26N10O18S4/c40-35-29(17-32(69(58,59)60)23-11-12-26(38(52)34(23)35)44-43-25-3-1-2-4-30(25)49(53)54)47-45-27-13-10-22-24(39(27)71(64,65)66)16-33(70(61,62)63)36(37(22)51)48-42-20-7-5-19(6-8-20)41-46-28-15-21(68(55,56)57)9-14-31(28)67-18-50/h1-18,51-52H,40H2,(H,55,56,57)(H,58,59,60)(H,61,62,63)(H,64,65,66). The molecule has 0 saturated carbocycles. The van der Waals surface area contributed by atoms with Crippen LogP contribution in [0.4, 0.5) is 56.9 Å². The third-order valence-electron chi connectivity index (χ3n) is 9.61. The molecule has 0 heterocycles. The zero-order valence-corrected chi connectivity index (χ0v) is 38.0. The van der Waals surface area contributed by atoms with Gasteiger partial charge < -0.3 is 20.7 Å². The maximum absolute atomic E-state index is 13.0. The van der Waals surface area contributed by atoms with E-state index in [9.17, 15) is 77.0 Å². The van der Waals surface area contributed by atoms with Gasteiger partial charge in [0.1, 0.15) is 43.1 Å². The minimum Gasteiger partial charge on any atom is -0.505 e. The second kappa shape index (κ2) is 19.0. The Bertz CT molecular complexity index is 4000. The van der Waals surface area contributed by atoms with Gasteiger partial charge in [0, 0.05) is 22.2 Å². The van der Waals surface area contributed by atoms with Gasteiger partial charge in [-0.1, -0.05) is 18.2 Å². The van der Waals surface area contributed by atoms with Crippen molar-refractivity contribution in [1.29, 1.82) is 0 Å². The van der Waals surface area contributed by atoms with Crippen molar-refractivity contribution in [2.75, 3.05) is 5.73 Å². The van der Waals surface area contributed by atoms with E-state index < -0.39 is 132 Å². The molecule has 0 aliphatic rings. The lowest BCUT2D eigenvalue weighted by molar-refractivity contribution is -0.384. The van der Waals surface area contributed by atoms with E-state index in [2.05, 4.69) is 40.9 Å². The second-order valence-electron chi connectivity index (χ2n) is 14.1. The van der Waals surface area contributed by atoms with Crippen LogP contribution in [-0.2, 0) is 45.3 Å². The number of phenolic OH excluding ortho intramolecular Hbond substituents is 2. The van der Waals surface area contributed by atoms with Gasteiger partial charge in [-0.05, 0) is 78.9 Å². The number of nitro groups is 1. The summed E-state index contributed by atoms with van der Waals surface area (Å²) in [5.41, 5.74) is 1.89. The maximum Gasteiger partial charge on any atom is 0.298 e. The van der Waals surface area contributed by atoms with Crippen LogP contribution in [0.3, 0.4) is 0 Å². The van der Waals surface area contributed by atoms with Gasteiger partial charge in [0.15, 0.2) is 22.9 Å². The first-order chi connectivity index (χ1) is 33.3. The van der Waals surface area contributed by atoms with Gasteiger partial charge in [-0.15, -0.1) is 30.7 Å². The van der Waals surface area contributed by atoms with Gasteiger partial charge in [0.05, 0.1) is 32.3 Å². The van der Waals surface area contributed by atoms with E-state index >= 15 is 0 Å². The van der Waals surface area contributed by atoms with E-state index in [-0.39, 0.29) is 35.0 Å². The molecule has 0 aliphatic carbocycles. The van der Waals surface area contributed by atoms with E-state index in [1.165, 1.54) is 42.5 Å². The fraction of sp³-hybridized carbons (Fsp3) is 0. The molecule has 7 rings (SSSR count). The Kier molecular flexibility index (Phi) is 13.5. The Morgan fingerprint density at radius 1 is 0.535 bits per heavy atom. The molecule has 7 aromatic carbocycles. The molecule has 0 unspecified atom stereocenters. The van der Waals surface area contributed by atoms with Gasteiger partial charge in [0.2, 0.25) is 0 Å². The average Bonchev–Trinajstić information content (AvgIpc) is 3.29. The third-order valence-corrected chi connectivity index (χ3v) is 13.2. The van der Waals surface area contributed by atoms with E-state index in [0.29, 0.717) is 12.1 Å². The van der Waals surface area contributed by atoms with Crippen LogP contribution < -0.4 is 10.5 Å². The number of phenols is 2. The highest BCUT2D eigenvalue weighted by Crippen LogP contribution is 2.48. The summed E-state index contributed by atoms with van der Waals surface area (Å²) in [6, 6.07) is 18.1. The number of nitrogens with two attached hydrogens (primary N) is 1. The van der Waals surface area contributed by atoms with Gasteiger partial charge in [-0.3, -0.25) is 33.1 Å². The number of nitrogens with zero attached hydrogens (tertiary/aromatic N) is 9. The summed E-state index contributed by atoms with van der Waals surface area (Å²) < 4.78 is 144. The first kappa shape index (κ1) is 50.3. The molecule has 8 N–H and O–H groups in total. The highest BCUT2D eigenvalue weighted by atomic mass is 32.2. The largest absolute Gasteiger partial charge is 0.505 e. The average molecular weight is 1050 g/mol. The van der Waals surface area contributed by atoms with E-state index in [1.54, 1.807) is 0 Å². The number of fused-ring (bicyclic) bond motifs is 2. The van der Waals surface area contributed by atoms with Gasteiger partial charge in [0.25, 0.3) is 52.6 Å². The second-order valence-corrected chi connectivity index (χ2v) is 19.6. The fourth-order valence-corrected chi connectivity index (χ4v) is 9.16. The van der Waals surface area contributed by atoms with E-state index in [1.807, 2.05) is 0 Å². The number of nitro benzene ring substituents is 1. The topological polar surface area (TPSA) is 452 Å². The summed E-state index contributed by atoms with van der Waals surface area (Å²) in [5.74, 6) is -2.21. The van der Waals surface area contributed by atoms with E-state index in [0.717, 1.165) is 48.5 Å². The monoisotopic (exact) mass is 1050 g/mol. The van der Waals surface area contributed by atoms with Crippen molar-refractivity contribution in [1.82, 2.24) is 0 Å². The summed E-state index contributed by atoms with van der Waals surface area (Å²) in [4.78, 5) is 17.6. The van der Waals surface area contributed by atoms with Crippen LogP contribution in [0.15, 0.2) is 164 Å². The van der Waals surface area contributed by atoms with Gasteiger partial charge in [-0.2, -0.15) is 43.9 Å². The van der Waals surface area contributed by atoms with Crippen molar-refractivity contribution >= 4 is 125 Å². The van der Waals surface area contributed by atoms with Gasteiger partial charge >= 0.3 is 0 Å². The minimum absolute atomic E-state index is 0.0359. The zero-order valence-electron chi connectivity index (χ0n) is 34.7. The van der Waals surface area contributed by atoms with Crippen LogP contribution in [0.25, 0.3) is 21.5 Å². The Morgan fingerprint density at radius 2 is 1.10 bits per heavy atom. The molecular weight excluding hydrogens is 1020 g/mol. The Morgan fingerprint density at radius 3 is 1.70 bits per heavy atom. The number of carbonyl (C=O) groups excluding carboxylic acids is 1. The first-order valence-electron chi connectivity index (χ1n) is 18.8. The lowest BCUT2D eigenvalue weighted by Gasteiger charge is -2.13. The van der Waals surface area contributed by atoms with E-state index in [4.69, 9.17) is 10.5 Å². The first-order valence-corrected chi connectivity index (χ1v) is 24.6. The number of anilines is 1. The predicted octanol–water partition coefficient (Wildman–Crippen LogP) is 9.08. The SMILES string of the molecule is Nc1c(N=Nc2ccc3c(O)c(N=Nc4ccc(N=Nc5cc(S(=O)(=O)O)ccc5OC=O)cc4)c(S(=O)(=O)O)cc3c2S(=O)(=O)O)cc(S(=O)(=O)O)c2ccc(N=Nc3ccccc3[N+](=O)[O-])c(O)c12. The molecule has 0 amide bonds. The van der Waals surface area contributed by atoms with Gasteiger partial charge in [-0.25, -0.2) is 0 Å². The number of aromatic hydroxyl groups is 2. The number of azo groups is 4. The van der Waals surface area contributed by atoms with Crippen LogP contribution in [0.1, 0.15) is 0 Å². The number of hydrogen-bond acceptors (Lipinski definition) is 23. The molecule has 0 saturated heterocycles. The van der Waals surface area contributed by atoms with Crippen LogP contribution in [0, 0.1) is 10.1 Å². The normalized spacial score (nSPS) is 12.8. The molecule has 7 aromatic rings. The molecule has 28 nitrogen and oxygen atoms in total. The molecule has 0 aliphatic heterocycles. The summed E-state index contributed by atoms with van der Waals surface area (Å²) in [5, 5.41) is 62.2. The molecule has 71 heavy (non-hydrogen) atoms. The highest BCUT2D eigenvalue weighted by Gasteiger charge is 2.29. The van der Waals surface area contributed by atoms with Crippen molar-refractivity contribution in [3.8, 4) is 17.2 Å². The smallest absolute Gasteiger partial charge is 0.298 e. The number of nitrogen functional groups attached to an aromatic ring is 1. The van der Waals surface area contributed by atoms with Crippen molar-refractivity contribution in [3.63, 3.8) is 0 Å². The summed E-state index contributed by atoms with van der Waals surface area (Å²) in [6.07, 6.45) is 0. The number of benzene rings is 7.